The highest BCUT2D eigenvalue weighted by Crippen LogP contribution is 2.38. The van der Waals surface area contributed by atoms with Crippen LogP contribution in [0.5, 0.6) is 0 Å². The molecule has 2 aromatic rings. The molecule has 4 nitrogen and oxygen atoms in total. The third-order valence-electron chi connectivity index (χ3n) is 5.97. The Bertz CT molecular complexity index is 878. The van der Waals surface area contributed by atoms with Crippen LogP contribution in [0.25, 0.3) is 0 Å². The van der Waals surface area contributed by atoms with Crippen molar-refractivity contribution in [2.45, 2.75) is 71.4 Å². The Labute approximate surface area is 195 Å². The average molecular weight is 461 g/mol. The molecule has 3 rings (SSSR count). The second kappa shape index (κ2) is 11.1. The quantitative estimate of drug-likeness (QED) is 0.425. The number of hydrogen-bond donors (Lipinski definition) is 0. The van der Waals surface area contributed by atoms with E-state index in [0.717, 1.165) is 37.7 Å². The van der Waals surface area contributed by atoms with Crippen LogP contribution in [-0.4, -0.2) is 40.7 Å². The number of unbranched alkanes of at least 4 members (excludes halogenated alkanes) is 3. The van der Waals surface area contributed by atoms with Gasteiger partial charge in [0, 0.05) is 28.9 Å². The molecule has 1 aromatic carbocycles. The first-order valence-electron chi connectivity index (χ1n) is 11.3. The van der Waals surface area contributed by atoms with E-state index in [1.807, 2.05) is 43.0 Å². The lowest BCUT2D eigenvalue weighted by molar-refractivity contribution is -0.143. The number of hydrogen-bond acceptors (Lipinski definition) is 3. The number of halogens is 1. The molecule has 1 aromatic heterocycles. The fraction of sp³-hybridized carbons (Fsp3) is 0.520. The predicted octanol–water partition coefficient (Wildman–Crippen LogP) is 6.08. The molecular weight excluding hydrogens is 428 g/mol. The molecule has 0 saturated heterocycles. The van der Waals surface area contributed by atoms with Crippen LogP contribution >= 0.6 is 22.9 Å². The van der Waals surface area contributed by atoms with E-state index in [9.17, 15) is 9.59 Å². The number of carbonyl (C=O) groups is 2. The molecular formula is C25H33ClN2O2S. The van der Waals surface area contributed by atoms with E-state index in [1.165, 1.54) is 10.4 Å². The first-order valence-corrected chi connectivity index (χ1v) is 12.6. The molecule has 31 heavy (non-hydrogen) atoms. The van der Waals surface area contributed by atoms with E-state index in [2.05, 4.69) is 18.4 Å². The zero-order valence-corrected chi connectivity index (χ0v) is 20.3. The summed E-state index contributed by atoms with van der Waals surface area (Å²) in [5.74, 6) is 0.0862. The average Bonchev–Trinajstić information content (AvgIpc) is 3.23. The first kappa shape index (κ1) is 23.8. The number of nitrogens with zero attached hydrogens (tertiary/aromatic N) is 2. The van der Waals surface area contributed by atoms with E-state index in [4.69, 9.17) is 11.6 Å². The summed E-state index contributed by atoms with van der Waals surface area (Å²) in [5.41, 5.74) is 2.24. The van der Waals surface area contributed by atoms with Crippen LogP contribution in [0.4, 0.5) is 0 Å². The monoisotopic (exact) mass is 460 g/mol. The summed E-state index contributed by atoms with van der Waals surface area (Å²) in [5, 5.41) is 2.78. The molecule has 0 fully saturated rings. The van der Waals surface area contributed by atoms with Gasteiger partial charge < -0.3 is 9.80 Å². The molecule has 168 valence electrons. The summed E-state index contributed by atoms with van der Waals surface area (Å²) in [4.78, 5) is 31.4. The maximum absolute atomic E-state index is 13.5. The molecule has 1 aliphatic rings. The minimum Gasteiger partial charge on any atom is -0.331 e. The Morgan fingerprint density at radius 2 is 1.90 bits per heavy atom. The normalized spacial score (nSPS) is 15.8. The highest BCUT2D eigenvalue weighted by Gasteiger charge is 2.34. The number of benzene rings is 1. The lowest BCUT2D eigenvalue weighted by atomic mass is 9.93. The molecule has 1 atom stereocenters. The smallest absolute Gasteiger partial charge is 0.243 e. The predicted molar refractivity (Wildman–Crippen MR) is 129 cm³/mol. The maximum atomic E-state index is 13.5. The van der Waals surface area contributed by atoms with Crippen molar-refractivity contribution in [2.75, 3.05) is 13.1 Å². The van der Waals surface area contributed by atoms with E-state index >= 15 is 0 Å². The highest BCUT2D eigenvalue weighted by atomic mass is 35.5. The van der Waals surface area contributed by atoms with Gasteiger partial charge in [0.05, 0.1) is 6.04 Å². The zero-order chi connectivity index (χ0) is 22.4. The van der Waals surface area contributed by atoms with Gasteiger partial charge in [-0.3, -0.25) is 9.59 Å². The van der Waals surface area contributed by atoms with Gasteiger partial charge >= 0.3 is 0 Å². The summed E-state index contributed by atoms with van der Waals surface area (Å²) in [6, 6.07) is 9.74. The van der Waals surface area contributed by atoms with Crippen molar-refractivity contribution in [3.8, 4) is 0 Å². The first-order chi connectivity index (χ1) is 14.9. The molecule has 2 amide bonds. The van der Waals surface area contributed by atoms with Crippen molar-refractivity contribution < 1.29 is 9.59 Å². The minimum atomic E-state index is -0.131. The van der Waals surface area contributed by atoms with Crippen LogP contribution in [0.2, 0.25) is 5.02 Å². The van der Waals surface area contributed by atoms with Crippen molar-refractivity contribution in [3.63, 3.8) is 0 Å². The zero-order valence-electron chi connectivity index (χ0n) is 18.8. The van der Waals surface area contributed by atoms with Gasteiger partial charge in [-0.1, -0.05) is 49.9 Å². The Morgan fingerprint density at radius 3 is 2.58 bits per heavy atom. The van der Waals surface area contributed by atoms with Gasteiger partial charge in [-0.2, -0.15) is 0 Å². The SMILES string of the molecule is CCCCCCC(=O)N(CC(=O)N1CCc2sccc2C1c1ccc(Cl)cc1)C(C)C. The third kappa shape index (κ3) is 5.89. The lowest BCUT2D eigenvalue weighted by Crippen LogP contribution is -2.48. The molecule has 1 aliphatic heterocycles. The fourth-order valence-corrected chi connectivity index (χ4v) is 5.26. The summed E-state index contributed by atoms with van der Waals surface area (Å²) in [6.07, 6.45) is 5.61. The minimum absolute atomic E-state index is 0.00175. The van der Waals surface area contributed by atoms with Gasteiger partial charge in [-0.25, -0.2) is 0 Å². The van der Waals surface area contributed by atoms with Gasteiger partial charge in [0.1, 0.15) is 6.54 Å². The van der Waals surface area contributed by atoms with Gasteiger partial charge in [0.15, 0.2) is 0 Å². The van der Waals surface area contributed by atoms with Crippen LogP contribution in [0.3, 0.4) is 0 Å². The Balaban J connectivity index is 1.78. The standard InChI is InChI=1S/C25H33ClN2O2S/c1-4-5-6-7-8-23(29)28(18(2)3)17-24(30)27-15-13-22-21(14-16-31-22)25(27)19-9-11-20(26)12-10-19/h9-12,14,16,18,25H,4-8,13,15,17H2,1-3H3. The summed E-state index contributed by atoms with van der Waals surface area (Å²) in [7, 11) is 0. The molecule has 0 aliphatic carbocycles. The number of thiophene rings is 1. The highest BCUT2D eigenvalue weighted by molar-refractivity contribution is 7.10. The van der Waals surface area contributed by atoms with Gasteiger partial charge in [-0.15, -0.1) is 11.3 Å². The topological polar surface area (TPSA) is 40.6 Å². The molecule has 0 radical (unpaired) electrons. The molecule has 6 heteroatoms. The second-order valence-corrected chi connectivity index (χ2v) is 9.95. The number of carbonyl (C=O) groups excluding carboxylic acids is 2. The van der Waals surface area contributed by atoms with Crippen molar-refractivity contribution in [3.05, 3.63) is 56.7 Å². The van der Waals surface area contributed by atoms with E-state index < -0.39 is 0 Å². The van der Waals surface area contributed by atoms with Crippen LogP contribution in [0.1, 0.15) is 74.9 Å². The van der Waals surface area contributed by atoms with E-state index in [0.29, 0.717) is 18.0 Å². The van der Waals surface area contributed by atoms with Crippen molar-refractivity contribution in [1.29, 1.82) is 0 Å². The van der Waals surface area contributed by atoms with Gasteiger partial charge in [0.2, 0.25) is 11.8 Å². The molecule has 0 N–H and O–H groups in total. The van der Waals surface area contributed by atoms with Gasteiger partial charge in [-0.05, 0) is 61.4 Å². The molecule has 1 unspecified atom stereocenters. The summed E-state index contributed by atoms with van der Waals surface area (Å²) >= 11 is 7.85. The third-order valence-corrected chi connectivity index (χ3v) is 7.21. The Hall–Kier alpha value is -1.85. The number of rotatable bonds is 9. The van der Waals surface area contributed by atoms with Crippen LogP contribution in [-0.2, 0) is 16.0 Å². The molecule has 0 spiro atoms. The summed E-state index contributed by atoms with van der Waals surface area (Å²) < 4.78 is 0. The van der Waals surface area contributed by atoms with E-state index in [1.54, 1.807) is 16.2 Å². The van der Waals surface area contributed by atoms with E-state index in [-0.39, 0.29) is 30.4 Å². The van der Waals surface area contributed by atoms with Crippen LogP contribution < -0.4 is 0 Å². The van der Waals surface area contributed by atoms with Crippen LogP contribution in [0.15, 0.2) is 35.7 Å². The lowest BCUT2D eigenvalue weighted by Gasteiger charge is -2.38. The Kier molecular flexibility index (Phi) is 8.56. The largest absolute Gasteiger partial charge is 0.331 e. The van der Waals surface area contributed by atoms with Crippen molar-refractivity contribution in [2.24, 2.45) is 0 Å². The molecule has 0 saturated carbocycles. The number of amides is 2. The Morgan fingerprint density at radius 1 is 1.16 bits per heavy atom. The van der Waals surface area contributed by atoms with Gasteiger partial charge in [0.25, 0.3) is 0 Å². The molecule has 0 bridgehead atoms. The van der Waals surface area contributed by atoms with Crippen molar-refractivity contribution >= 4 is 34.8 Å². The summed E-state index contributed by atoms with van der Waals surface area (Å²) in [6.45, 7) is 6.93. The molecule has 2 heterocycles. The second-order valence-electron chi connectivity index (χ2n) is 8.52. The van der Waals surface area contributed by atoms with Crippen LogP contribution in [0, 0.1) is 0 Å². The number of fused-ring (bicyclic) bond motifs is 1. The maximum Gasteiger partial charge on any atom is 0.243 e. The fourth-order valence-electron chi connectivity index (χ4n) is 4.23. The van der Waals surface area contributed by atoms with Crippen molar-refractivity contribution in [1.82, 2.24) is 9.80 Å².